The zero-order chi connectivity index (χ0) is 13.1. The van der Waals surface area contributed by atoms with Gasteiger partial charge in [-0.2, -0.15) is 0 Å². The Bertz CT molecular complexity index is 636. The van der Waals surface area contributed by atoms with E-state index in [1.807, 2.05) is 18.2 Å². The molecule has 0 N–H and O–H groups in total. The molecule has 1 nitrogen and oxygen atoms in total. The summed E-state index contributed by atoms with van der Waals surface area (Å²) in [6.07, 6.45) is 6.12. The summed E-state index contributed by atoms with van der Waals surface area (Å²) in [5, 5.41) is 0. The summed E-state index contributed by atoms with van der Waals surface area (Å²) >= 11 is 1.79. The highest BCUT2D eigenvalue weighted by molar-refractivity contribution is 7.99. The molecule has 19 heavy (non-hydrogen) atoms. The number of benzene rings is 2. The summed E-state index contributed by atoms with van der Waals surface area (Å²) in [5.74, 6) is 0. The lowest BCUT2D eigenvalue weighted by Crippen LogP contribution is -1.98. The fourth-order valence-electron chi connectivity index (χ4n) is 2.20. The van der Waals surface area contributed by atoms with Gasteiger partial charge in [-0.15, -0.1) is 0 Å². The van der Waals surface area contributed by atoms with Crippen LogP contribution in [0, 0.1) is 0 Å². The van der Waals surface area contributed by atoms with Crippen molar-refractivity contribution in [2.45, 2.75) is 9.79 Å². The van der Waals surface area contributed by atoms with Gasteiger partial charge >= 0.3 is 0 Å². The maximum atomic E-state index is 10.4. The van der Waals surface area contributed by atoms with Gasteiger partial charge in [-0.25, -0.2) is 0 Å². The Labute approximate surface area is 116 Å². The molecule has 0 spiro atoms. The van der Waals surface area contributed by atoms with Gasteiger partial charge in [0.25, 0.3) is 0 Å². The molecule has 1 aliphatic rings. The number of allylic oxidation sites excluding steroid dienone is 3. The first kappa shape index (κ1) is 12.0. The molecule has 0 fully saturated rings. The maximum Gasteiger partial charge on any atom is 0.142 e. The van der Waals surface area contributed by atoms with Crippen molar-refractivity contribution in [3.8, 4) is 0 Å². The summed E-state index contributed by atoms with van der Waals surface area (Å²) in [6.45, 7) is 0. The van der Waals surface area contributed by atoms with Crippen LogP contribution in [0.25, 0.3) is 5.57 Å². The summed E-state index contributed by atoms with van der Waals surface area (Å²) in [5.41, 5.74) is 3.62. The number of fused-ring (bicyclic) bond motifs is 2. The second-order valence-electron chi connectivity index (χ2n) is 4.20. The first-order valence-electron chi connectivity index (χ1n) is 6.09. The number of rotatable bonds is 2. The van der Waals surface area contributed by atoms with E-state index >= 15 is 0 Å². The van der Waals surface area contributed by atoms with Crippen LogP contribution in [0.15, 0.2) is 76.5 Å². The topological polar surface area (TPSA) is 17.1 Å². The Kier molecular flexibility index (Phi) is 3.34. The van der Waals surface area contributed by atoms with Crippen LogP contribution in [0.3, 0.4) is 0 Å². The quantitative estimate of drug-likeness (QED) is 0.506. The van der Waals surface area contributed by atoms with Gasteiger partial charge in [0, 0.05) is 9.79 Å². The van der Waals surface area contributed by atoms with Gasteiger partial charge in [0.15, 0.2) is 0 Å². The molecule has 0 unspecified atom stereocenters. The minimum Gasteiger partial charge on any atom is -0.299 e. The van der Waals surface area contributed by atoms with Crippen LogP contribution in [-0.2, 0) is 4.79 Å². The van der Waals surface area contributed by atoms with E-state index in [2.05, 4.69) is 36.4 Å². The minimum absolute atomic E-state index is 0.798. The Balaban J connectivity index is 2.19. The molecule has 0 aromatic heterocycles. The summed E-state index contributed by atoms with van der Waals surface area (Å²) < 4.78 is 0. The number of aldehydes is 1. The summed E-state index contributed by atoms with van der Waals surface area (Å²) in [7, 11) is 0. The van der Waals surface area contributed by atoms with E-state index in [0.29, 0.717) is 0 Å². The zero-order valence-corrected chi connectivity index (χ0v) is 11.1. The van der Waals surface area contributed by atoms with Gasteiger partial charge < -0.3 is 0 Å². The Morgan fingerprint density at radius 2 is 1.37 bits per heavy atom. The highest BCUT2D eigenvalue weighted by Gasteiger charge is 2.19. The SMILES string of the molecule is O=C/C=C/C=C1c2ccccc2Sc2ccccc21. The second kappa shape index (κ2) is 5.29. The monoisotopic (exact) mass is 264 g/mol. The van der Waals surface area contributed by atoms with Crippen LogP contribution < -0.4 is 0 Å². The Hall–Kier alpha value is -2.06. The minimum atomic E-state index is 0.798. The smallest absolute Gasteiger partial charge is 0.142 e. The molecule has 3 rings (SSSR count). The molecule has 0 atom stereocenters. The van der Waals surface area contributed by atoms with Gasteiger partial charge in [-0.1, -0.05) is 60.3 Å². The standard InChI is InChI=1S/C17H12OS/c18-12-6-5-7-13-14-8-1-3-10-16(14)19-17-11-4-2-9-15(13)17/h1-12H/b6-5+. The van der Waals surface area contributed by atoms with Crippen molar-refractivity contribution < 1.29 is 4.79 Å². The third kappa shape index (κ3) is 2.27. The van der Waals surface area contributed by atoms with E-state index < -0.39 is 0 Å². The van der Waals surface area contributed by atoms with Crippen LogP contribution in [0.1, 0.15) is 11.1 Å². The zero-order valence-electron chi connectivity index (χ0n) is 10.2. The molecule has 92 valence electrons. The predicted molar refractivity (Wildman–Crippen MR) is 79.3 cm³/mol. The van der Waals surface area contributed by atoms with E-state index in [1.54, 1.807) is 17.8 Å². The van der Waals surface area contributed by atoms with E-state index in [1.165, 1.54) is 32.6 Å². The van der Waals surface area contributed by atoms with Gasteiger partial charge in [-0.05, 0) is 34.9 Å². The average molecular weight is 264 g/mol. The normalized spacial score (nSPS) is 12.9. The predicted octanol–water partition coefficient (Wildman–Crippen LogP) is 4.34. The fraction of sp³-hybridized carbons (Fsp3) is 0. The summed E-state index contributed by atoms with van der Waals surface area (Å²) in [6, 6.07) is 16.7. The lowest BCUT2D eigenvalue weighted by Gasteiger charge is -2.21. The molecule has 0 aliphatic carbocycles. The summed E-state index contributed by atoms with van der Waals surface area (Å²) in [4.78, 5) is 12.9. The Morgan fingerprint density at radius 3 is 1.95 bits per heavy atom. The van der Waals surface area contributed by atoms with Crippen LogP contribution in [0.4, 0.5) is 0 Å². The molecule has 1 heterocycles. The third-order valence-corrected chi connectivity index (χ3v) is 4.18. The van der Waals surface area contributed by atoms with Gasteiger partial charge in [-0.3, -0.25) is 4.79 Å². The molecule has 2 aromatic rings. The molecular weight excluding hydrogens is 252 g/mol. The molecule has 0 radical (unpaired) electrons. The molecule has 1 aliphatic heterocycles. The highest BCUT2D eigenvalue weighted by atomic mass is 32.2. The van der Waals surface area contributed by atoms with Gasteiger partial charge in [0.1, 0.15) is 6.29 Å². The lowest BCUT2D eigenvalue weighted by molar-refractivity contribution is -0.104. The van der Waals surface area contributed by atoms with Gasteiger partial charge in [0.05, 0.1) is 0 Å². The molecule has 0 saturated carbocycles. The van der Waals surface area contributed by atoms with Crippen molar-refractivity contribution in [2.75, 3.05) is 0 Å². The lowest BCUT2D eigenvalue weighted by atomic mass is 9.97. The molecular formula is C17H12OS. The second-order valence-corrected chi connectivity index (χ2v) is 5.28. The van der Waals surface area contributed by atoms with Gasteiger partial charge in [0.2, 0.25) is 0 Å². The third-order valence-electron chi connectivity index (χ3n) is 3.03. The van der Waals surface area contributed by atoms with Crippen molar-refractivity contribution in [1.29, 1.82) is 0 Å². The molecule has 0 amide bonds. The van der Waals surface area contributed by atoms with E-state index in [-0.39, 0.29) is 0 Å². The Morgan fingerprint density at radius 1 is 0.789 bits per heavy atom. The first-order valence-corrected chi connectivity index (χ1v) is 6.90. The van der Waals surface area contributed by atoms with E-state index in [9.17, 15) is 4.79 Å². The van der Waals surface area contributed by atoms with E-state index in [0.717, 1.165) is 6.29 Å². The molecule has 0 saturated heterocycles. The van der Waals surface area contributed by atoms with Crippen molar-refractivity contribution in [3.05, 3.63) is 77.9 Å². The van der Waals surface area contributed by atoms with Crippen molar-refractivity contribution in [2.24, 2.45) is 0 Å². The van der Waals surface area contributed by atoms with Crippen molar-refractivity contribution in [1.82, 2.24) is 0 Å². The van der Waals surface area contributed by atoms with Crippen LogP contribution in [0.2, 0.25) is 0 Å². The van der Waals surface area contributed by atoms with Crippen LogP contribution in [-0.4, -0.2) is 6.29 Å². The maximum absolute atomic E-state index is 10.4. The first-order chi connectivity index (χ1) is 9.40. The average Bonchev–Trinajstić information content (AvgIpc) is 2.46. The number of hydrogen-bond donors (Lipinski definition) is 0. The molecule has 2 heteroatoms. The highest BCUT2D eigenvalue weighted by Crippen LogP contribution is 2.44. The number of carbonyl (C=O) groups excluding carboxylic acids is 1. The number of hydrogen-bond acceptors (Lipinski definition) is 2. The van der Waals surface area contributed by atoms with Crippen LogP contribution in [0.5, 0.6) is 0 Å². The van der Waals surface area contributed by atoms with E-state index in [4.69, 9.17) is 0 Å². The molecule has 2 aromatic carbocycles. The number of carbonyl (C=O) groups is 1. The molecule has 0 bridgehead atoms. The van der Waals surface area contributed by atoms with Crippen molar-refractivity contribution in [3.63, 3.8) is 0 Å². The largest absolute Gasteiger partial charge is 0.299 e. The van der Waals surface area contributed by atoms with Crippen LogP contribution >= 0.6 is 11.8 Å². The van der Waals surface area contributed by atoms with Crippen molar-refractivity contribution >= 4 is 23.6 Å². The fourth-order valence-corrected chi connectivity index (χ4v) is 3.30.